The van der Waals surface area contributed by atoms with Gasteiger partial charge in [0.1, 0.15) is 5.75 Å². The Morgan fingerprint density at radius 3 is 2.57 bits per heavy atom. The molecule has 0 unspecified atom stereocenters. The van der Waals surface area contributed by atoms with Crippen LogP contribution in [0, 0.1) is 6.92 Å². The molecule has 0 fully saturated rings. The van der Waals surface area contributed by atoms with E-state index in [-0.39, 0.29) is 11.2 Å². The number of methoxy groups -OCH3 is 1. The monoisotopic (exact) mass is 459 g/mol. The highest BCUT2D eigenvalue weighted by Crippen LogP contribution is 2.28. The van der Waals surface area contributed by atoms with E-state index in [1.807, 2.05) is 29.6 Å². The molecule has 0 saturated heterocycles. The summed E-state index contributed by atoms with van der Waals surface area (Å²) in [7, 11) is 1.62. The van der Waals surface area contributed by atoms with Gasteiger partial charge in [-0.15, -0.1) is 16.5 Å². The van der Waals surface area contributed by atoms with E-state index >= 15 is 0 Å². The van der Waals surface area contributed by atoms with Crippen LogP contribution >= 0.6 is 34.5 Å². The van der Waals surface area contributed by atoms with Crippen LogP contribution in [0.5, 0.6) is 5.75 Å². The second kappa shape index (κ2) is 8.43. The second-order valence-corrected chi connectivity index (χ2v) is 7.92. The molecular formula is C20H15Cl2N5O2S. The highest BCUT2D eigenvalue weighted by molar-refractivity contribution is 7.12. The van der Waals surface area contributed by atoms with E-state index in [0.29, 0.717) is 26.6 Å². The zero-order chi connectivity index (χ0) is 21.3. The maximum Gasteiger partial charge on any atom is 0.301 e. The number of nitrogens with one attached hydrogen (secondary N) is 1. The third kappa shape index (κ3) is 4.02. The SMILES string of the molecule is COc1ccc(-c2csc(-n3[nH]c(C)c(N=Nc4ccc(Cl)c(Cl)c4)c3=O)n2)cc1. The quantitative estimate of drug-likeness (QED) is 0.353. The standard InChI is InChI=1S/C20H15Cl2N5O2S/c1-11-18(25-24-13-5-8-15(21)16(22)9-13)19(28)27(26-11)20-23-17(10-30-20)12-3-6-14(29-2)7-4-12/h3-10,26H,1-2H3. The molecule has 2 heterocycles. The number of ether oxygens (including phenoxy) is 1. The van der Waals surface area contributed by atoms with Gasteiger partial charge in [-0.1, -0.05) is 23.2 Å². The van der Waals surface area contributed by atoms with E-state index in [1.54, 1.807) is 32.2 Å². The lowest BCUT2D eigenvalue weighted by Crippen LogP contribution is -2.13. The first-order valence-corrected chi connectivity index (χ1v) is 10.4. The third-order valence-corrected chi connectivity index (χ3v) is 5.84. The van der Waals surface area contributed by atoms with Crippen molar-refractivity contribution in [3.05, 3.63) is 73.9 Å². The first kappa shape index (κ1) is 20.3. The number of H-pyrrole nitrogens is 1. The second-order valence-electron chi connectivity index (χ2n) is 6.27. The molecule has 4 aromatic rings. The number of azo groups is 1. The minimum absolute atomic E-state index is 0.197. The predicted molar refractivity (Wildman–Crippen MR) is 119 cm³/mol. The Morgan fingerprint density at radius 2 is 1.87 bits per heavy atom. The molecule has 0 aliphatic heterocycles. The number of nitrogens with zero attached hydrogens (tertiary/aromatic N) is 4. The minimum Gasteiger partial charge on any atom is -0.497 e. The summed E-state index contributed by atoms with van der Waals surface area (Å²) in [4.78, 5) is 17.4. The molecule has 0 bridgehead atoms. The number of benzene rings is 2. The largest absolute Gasteiger partial charge is 0.497 e. The van der Waals surface area contributed by atoms with Gasteiger partial charge in [0, 0.05) is 10.9 Å². The molecule has 2 aromatic heterocycles. The smallest absolute Gasteiger partial charge is 0.301 e. The molecule has 1 N–H and O–H groups in total. The molecule has 30 heavy (non-hydrogen) atoms. The Labute approximate surface area is 185 Å². The molecule has 0 amide bonds. The summed E-state index contributed by atoms with van der Waals surface area (Å²) in [5.41, 5.74) is 2.61. The van der Waals surface area contributed by atoms with Gasteiger partial charge >= 0.3 is 5.56 Å². The van der Waals surface area contributed by atoms with Gasteiger partial charge in [0.2, 0.25) is 5.13 Å². The number of hydrogen-bond acceptors (Lipinski definition) is 6. The van der Waals surface area contributed by atoms with Crippen molar-refractivity contribution in [2.75, 3.05) is 7.11 Å². The van der Waals surface area contributed by atoms with Crippen molar-refractivity contribution in [2.24, 2.45) is 10.2 Å². The van der Waals surface area contributed by atoms with Gasteiger partial charge in [-0.25, -0.2) is 4.98 Å². The molecule has 7 nitrogen and oxygen atoms in total. The van der Waals surface area contributed by atoms with E-state index in [9.17, 15) is 4.79 Å². The summed E-state index contributed by atoms with van der Waals surface area (Å²) >= 11 is 13.2. The first-order chi connectivity index (χ1) is 14.5. The van der Waals surface area contributed by atoms with Crippen molar-refractivity contribution in [1.29, 1.82) is 0 Å². The molecule has 0 aliphatic rings. The molecule has 0 atom stereocenters. The van der Waals surface area contributed by atoms with Crippen LogP contribution in [0.25, 0.3) is 16.4 Å². The number of rotatable bonds is 5. The fourth-order valence-electron chi connectivity index (χ4n) is 2.71. The average molecular weight is 460 g/mol. The van der Waals surface area contributed by atoms with Crippen LogP contribution in [-0.2, 0) is 0 Å². The van der Waals surface area contributed by atoms with E-state index in [2.05, 4.69) is 20.3 Å². The number of hydrogen-bond donors (Lipinski definition) is 1. The van der Waals surface area contributed by atoms with Gasteiger partial charge in [0.15, 0.2) is 5.69 Å². The Hall–Kier alpha value is -2.94. The van der Waals surface area contributed by atoms with Gasteiger partial charge in [0.05, 0.1) is 34.2 Å². The minimum atomic E-state index is -0.341. The van der Waals surface area contributed by atoms with Crippen molar-refractivity contribution < 1.29 is 4.74 Å². The maximum atomic E-state index is 12.8. The molecule has 10 heteroatoms. The van der Waals surface area contributed by atoms with E-state index < -0.39 is 0 Å². The fraction of sp³-hybridized carbons (Fsp3) is 0.100. The lowest BCUT2D eigenvalue weighted by atomic mass is 10.2. The van der Waals surface area contributed by atoms with Crippen LogP contribution < -0.4 is 10.3 Å². The molecule has 2 aromatic carbocycles. The molecule has 152 valence electrons. The third-order valence-electron chi connectivity index (χ3n) is 4.28. The van der Waals surface area contributed by atoms with Gasteiger partial charge in [-0.05, 0) is 49.4 Å². The topological polar surface area (TPSA) is 84.6 Å². The number of aryl methyl sites for hydroxylation is 1. The summed E-state index contributed by atoms with van der Waals surface area (Å²) in [6.45, 7) is 1.75. The Bertz CT molecular complexity index is 1290. The highest BCUT2D eigenvalue weighted by Gasteiger charge is 2.15. The lowest BCUT2D eigenvalue weighted by molar-refractivity contribution is 0.415. The summed E-state index contributed by atoms with van der Waals surface area (Å²) in [6, 6.07) is 12.4. The van der Waals surface area contributed by atoms with E-state index in [4.69, 9.17) is 27.9 Å². The summed E-state index contributed by atoms with van der Waals surface area (Å²) in [6.07, 6.45) is 0. The van der Waals surface area contributed by atoms with Crippen molar-refractivity contribution in [3.63, 3.8) is 0 Å². The Balaban J connectivity index is 1.63. The maximum absolute atomic E-state index is 12.8. The van der Waals surface area contributed by atoms with Gasteiger partial charge in [-0.3, -0.25) is 9.89 Å². The zero-order valence-corrected chi connectivity index (χ0v) is 18.2. The summed E-state index contributed by atoms with van der Waals surface area (Å²) in [5, 5.41) is 14.4. The molecule has 0 aliphatic carbocycles. The van der Waals surface area contributed by atoms with E-state index in [0.717, 1.165) is 17.0 Å². The van der Waals surface area contributed by atoms with Gasteiger partial charge in [-0.2, -0.15) is 9.80 Å². The van der Waals surface area contributed by atoms with E-state index in [1.165, 1.54) is 16.0 Å². The Morgan fingerprint density at radius 1 is 1.10 bits per heavy atom. The number of halogens is 2. The zero-order valence-electron chi connectivity index (χ0n) is 15.9. The molecule has 0 radical (unpaired) electrons. The van der Waals surface area contributed by atoms with Crippen molar-refractivity contribution in [2.45, 2.75) is 6.92 Å². The van der Waals surface area contributed by atoms with Crippen molar-refractivity contribution in [3.8, 4) is 22.1 Å². The number of thiazole rings is 1. The summed E-state index contributed by atoms with van der Waals surface area (Å²) in [5.74, 6) is 0.766. The molecule has 0 spiro atoms. The molecule has 4 rings (SSSR count). The number of aromatic amines is 1. The summed E-state index contributed by atoms with van der Waals surface area (Å²) < 4.78 is 6.53. The Kier molecular flexibility index (Phi) is 5.72. The van der Waals surface area contributed by atoms with Crippen LogP contribution in [0.3, 0.4) is 0 Å². The van der Waals surface area contributed by atoms with Crippen LogP contribution in [0.15, 0.2) is 62.9 Å². The first-order valence-electron chi connectivity index (χ1n) is 8.75. The van der Waals surface area contributed by atoms with Crippen LogP contribution in [-0.4, -0.2) is 21.9 Å². The lowest BCUT2D eigenvalue weighted by Gasteiger charge is -2.00. The van der Waals surface area contributed by atoms with Crippen LogP contribution in [0.4, 0.5) is 11.4 Å². The van der Waals surface area contributed by atoms with Gasteiger partial charge < -0.3 is 4.74 Å². The van der Waals surface area contributed by atoms with Crippen LogP contribution in [0.1, 0.15) is 5.69 Å². The highest BCUT2D eigenvalue weighted by atomic mass is 35.5. The van der Waals surface area contributed by atoms with Gasteiger partial charge in [0.25, 0.3) is 0 Å². The van der Waals surface area contributed by atoms with Crippen molar-refractivity contribution >= 4 is 45.9 Å². The average Bonchev–Trinajstić information content (AvgIpc) is 3.34. The normalized spacial score (nSPS) is 11.3. The number of aromatic nitrogens is 3. The molecular weight excluding hydrogens is 445 g/mol. The predicted octanol–water partition coefficient (Wildman–Crippen LogP) is 6.33. The molecule has 0 saturated carbocycles. The van der Waals surface area contributed by atoms with Crippen molar-refractivity contribution in [1.82, 2.24) is 14.8 Å². The fourth-order valence-corrected chi connectivity index (χ4v) is 3.79. The van der Waals surface area contributed by atoms with Crippen LogP contribution in [0.2, 0.25) is 10.0 Å².